The van der Waals surface area contributed by atoms with Crippen molar-refractivity contribution in [1.29, 1.82) is 0 Å². The number of nitrogens with zero attached hydrogens (tertiary/aromatic N) is 2. The highest BCUT2D eigenvalue weighted by Crippen LogP contribution is 2.14. The van der Waals surface area contributed by atoms with Crippen LogP contribution in [0.5, 0.6) is 0 Å². The average Bonchev–Trinajstić information content (AvgIpc) is 2.68. The number of ether oxygens (including phenoxy) is 1. The van der Waals surface area contributed by atoms with Crippen molar-refractivity contribution in [2.75, 3.05) is 12.4 Å². The lowest BCUT2D eigenvalue weighted by atomic mass is 10.2. The molecule has 0 radical (unpaired) electrons. The molecule has 0 saturated carbocycles. The van der Waals surface area contributed by atoms with Gasteiger partial charge in [0.1, 0.15) is 0 Å². The van der Waals surface area contributed by atoms with E-state index >= 15 is 0 Å². The molecule has 1 aromatic heterocycles. The third-order valence-electron chi connectivity index (χ3n) is 3.66. The number of carbonyl (C=O) groups excluding carboxylic acids is 2. The first-order chi connectivity index (χ1) is 13.0. The Morgan fingerprint density at radius 1 is 1.11 bits per heavy atom. The number of hydrogen-bond acceptors (Lipinski definition) is 5. The maximum absolute atomic E-state index is 12.5. The monoisotopic (exact) mass is 383 g/mol. The molecule has 0 unspecified atom stereocenters. The first-order valence-electron chi connectivity index (χ1n) is 7.83. The first-order valence-corrected chi connectivity index (χ1v) is 8.21. The standard InChI is InChI=1S/C19H14ClN3O4/c1-27-19(26)12-5-7-14(8-6-12)21-18(25)17-16(24)9-10-23(22-17)15-4-2-3-13(20)11-15/h2-11H,1H3,(H,21,25). The molecule has 2 aromatic carbocycles. The Labute approximate surface area is 159 Å². The lowest BCUT2D eigenvalue weighted by Gasteiger charge is -2.09. The van der Waals surface area contributed by atoms with Gasteiger partial charge in [-0.15, -0.1) is 0 Å². The van der Waals surface area contributed by atoms with E-state index in [1.165, 1.54) is 48.3 Å². The zero-order chi connectivity index (χ0) is 19.4. The SMILES string of the molecule is COC(=O)c1ccc(NC(=O)c2nn(-c3cccc(Cl)c3)ccc2=O)cc1. The Morgan fingerprint density at radius 3 is 2.52 bits per heavy atom. The molecule has 0 spiro atoms. The molecule has 0 aliphatic heterocycles. The summed E-state index contributed by atoms with van der Waals surface area (Å²) in [6, 6.07) is 14.2. The summed E-state index contributed by atoms with van der Waals surface area (Å²) in [6.07, 6.45) is 1.45. The van der Waals surface area contributed by atoms with Crippen LogP contribution in [0.4, 0.5) is 5.69 Å². The van der Waals surface area contributed by atoms with E-state index in [-0.39, 0.29) is 5.69 Å². The highest BCUT2D eigenvalue weighted by atomic mass is 35.5. The Hall–Kier alpha value is -3.45. The van der Waals surface area contributed by atoms with Crippen molar-refractivity contribution in [3.05, 3.63) is 87.3 Å². The van der Waals surface area contributed by atoms with Crippen LogP contribution in [-0.4, -0.2) is 28.8 Å². The summed E-state index contributed by atoms with van der Waals surface area (Å²) < 4.78 is 6.01. The molecule has 136 valence electrons. The molecule has 7 nitrogen and oxygen atoms in total. The lowest BCUT2D eigenvalue weighted by Crippen LogP contribution is -2.25. The quantitative estimate of drug-likeness (QED) is 0.699. The molecule has 1 N–H and O–H groups in total. The number of methoxy groups -OCH3 is 1. The van der Waals surface area contributed by atoms with Gasteiger partial charge in [0.05, 0.1) is 18.4 Å². The second-order valence-electron chi connectivity index (χ2n) is 5.48. The number of nitrogens with one attached hydrogen (secondary N) is 1. The summed E-state index contributed by atoms with van der Waals surface area (Å²) in [5, 5.41) is 7.18. The zero-order valence-electron chi connectivity index (χ0n) is 14.2. The normalized spacial score (nSPS) is 10.3. The smallest absolute Gasteiger partial charge is 0.337 e. The topological polar surface area (TPSA) is 90.3 Å². The van der Waals surface area contributed by atoms with Gasteiger partial charge in [-0.2, -0.15) is 5.10 Å². The number of aromatic nitrogens is 2. The molecule has 1 heterocycles. The number of esters is 1. The van der Waals surface area contributed by atoms with Gasteiger partial charge in [-0.1, -0.05) is 17.7 Å². The van der Waals surface area contributed by atoms with Crippen LogP contribution in [0.2, 0.25) is 5.02 Å². The van der Waals surface area contributed by atoms with E-state index in [2.05, 4.69) is 15.2 Å². The van der Waals surface area contributed by atoms with Crippen LogP contribution in [0.3, 0.4) is 0 Å². The fourth-order valence-electron chi connectivity index (χ4n) is 2.33. The molecule has 0 aliphatic carbocycles. The molecule has 3 rings (SSSR count). The van der Waals surface area contributed by atoms with Crippen molar-refractivity contribution >= 4 is 29.2 Å². The molecule has 0 aliphatic rings. The summed E-state index contributed by atoms with van der Waals surface area (Å²) in [6.45, 7) is 0. The molecule has 0 fully saturated rings. The van der Waals surface area contributed by atoms with E-state index in [9.17, 15) is 14.4 Å². The fourth-order valence-corrected chi connectivity index (χ4v) is 2.51. The minimum absolute atomic E-state index is 0.269. The largest absolute Gasteiger partial charge is 0.465 e. The number of halogens is 1. The molecule has 27 heavy (non-hydrogen) atoms. The summed E-state index contributed by atoms with van der Waals surface area (Å²) in [7, 11) is 1.28. The van der Waals surface area contributed by atoms with E-state index in [4.69, 9.17) is 11.6 Å². The minimum Gasteiger partial charge on any atom is -0.465 e. The van der Waals surface area contributed by atoms with Gasteiger partial charge in [-0.05, 0) is 42.5 Å². The number of hydrogen-bond donors (Lipinski definition) is 1. The molecule has 0 saturated heterocycles. The van der Waals surface area contributed by atoms with E-state index in [0.29, 0.717) is 22.0 Å². The number of rotatable bonds is 4. The van der Waals surface area contributed by atoms with Crippen molar-refractivity contribution in [3.63, 3.8) is 0 Å². The molecular weight excluding hydrogens is 370 g/mol. The Balaban J connectivity index is 1.85. The van der Waals surface area contributed by atoms with Gasteiger partial charge in [-0.25, -0.2) is 9.48 Å². The first kappa shape index (κ1) is 18.3. The van der Waals surface area contributed by atoms with Gasteiger partial charge < -0.3 is 10.1 Å². The Bertz CT molecular complexity index is 1060. The van der Waals surface area contributed by atoms with Crippen molar-refractivity contribution in [1.82, 2.24) is 9.78 Å². The fraction of sp³-hybridized carbons (Fsp3) is 0.0526. The third-order valence-corrected chi connectivity index (χ3v) is 3.90. The predicted molar refractivity (Wildman–Crippen MR) is 101 cm³/mol. The predicted octanol–water partition coefficient (Wildman–Crippen LogP) is 2.92. The van der Waals surface area contributed by atoms with Crippen molar-refractivity contribution < 1.29 is 14.3 Å². The zero-order valence-corrected chi connectivity index (χ0v) is 14.9. The summed E-state index contributed by atoms with van der Waals surface area (Å²) in [5.74, 6) is -1.15. The van der Waals surface area contributed by atoms with Crippen LogP contribution >= 0.6 is 11.6 Å². The van der Waals surface area contributed by atoms with Crippen LogP contribution in [0.15, 0.2) is 65.6 Å². The van der Waals surface area contributed by atoms with Crippen LogP contribution in [0, 0.1) is 0 Å². The van der Waals surface area contributed by atoms with Gasteiger partial charge in [0.2, 0.25) is 5.43 Å². The number of benzene rings is 2. The highest BCUT2D eigenvalue weighted by molar-refractivity contribution is 6.30. The molecule has 0 atom stereocenters. The van der Waals surface area contributed by atoms with Crippen molar-refractivity contribution in [3.8, 4) is 5.69 Å². The lowest BCUT2D eigenvalue weighted by molar-refractivity contribution is 0.0600. The second-order valence-corrected chi connectivity index (χ2v) is 5.91. The van der Waals surface area contributed by atoms with Crippen LogP contribution in [0.1, 0.15) is 20.8 Å². The summed E-state index contributed by atoms with van der Waals surface area (Å²) in [4.78, 5) is 36.0. The molecule has 1 amide bonds. The van der Waals surface area contributed by atoms with E-state index in [0.717, 1.165) is 0 Å². The van der Waals surface area contributed by atoms with Crippen LogP contribution in [-0.2, 0) is 4.74 Å². The van der Waals surface area contributed by atoms with E-state index < -0.39 is 17.3 Å². The van der Waals surface area contributed by atoms with Crippen molar-refractivity contribution in [2.24, 2.45) is 0 Å². The summed E-state index contributed by atoms with van der Waals surface area (Å²) >= 11 is 5.97. The summed E-state index contributed by atoms with van der Waals surface area (Å²) in [5.41, 5.74) is 0.578. The molecule has 3 aromatic rings. The van der Waals surface area contributed by atoms with Crippen LogP contribution < -0.4 is 10.7 Å². The van der Waals surface area contributed by atoms with Gasteiger partial charge >= 0.3 is 5.97 Å². The number of amides is 1. The van der Waals surface area contributed by atoms with Gasteiger partial charge in [-0.3, -0.25) is 9.59 Å². The van der Waals surface area contributed by atoms with Gasteiger partial charge in [0.15, 0.2) is 5.69 Å². The molecular formula is C19H14ClN3O4. The van der Waals surface area contributed by atoms with E-state index in [1.54, 1.807) is 24.3 Å². The van der Waals surface area contributed by atoms with Crippen LogP contribution in [0.25, 0.3) is 5.69 Å². The third kappa shape index (κ3) is 4.21. The number of anilines is 1. The molecule has 0 bridgehead atoms. The van der Waals surface area contributed by atoms with Gasteiger partial charge in [0.25, 0.3) is 5.91 Å². The highest BCUT2D eigenvalue weighted by Gasteiger charge is 2.14. The second kappa shape index (κ2) is 7.84. The Morgan fingerprint density at radius 2 is 1.85 bits per heavy atom. The minimum atomic E-state index is -0.665. The average molecular weight is 384 g/mol. The maximum Gasteiger partial charge on any atom is 0.337 e. The van der Waals surface area contributed by atoms with E-state index in [1.807, 2.05) is 0 Å². The maximum atomic E-state index is 12.5. The van der Waals surface area contributed by atoms with Gasteiger partial charge in [0, 0.05) is 23.0 Å². The Kier molecular flexibility index (Phi) is 5.33. The van der Waals surface area contributed by atoms with Crippen molar-refractivity contribution in [2.45, 2.75) is 0 Å². The number of carbonyl (C=O) groups is 2. The molecule has 8 heteroatoms.